The minimum atomic E-state index is -1.44. The van der Waals surface area contributed by atoms with Gasteiger partial charge in [-0.1, -0.05) is 87.8 Å². The lowest BCUT2D eigenvalue weighted by molar-refractivity contribution is -0.130. The smallest absolute Gasteiger partial charge is 0.266 e. The zero-order valence-electron chi connectivity index (χ0n) is 25.7. The average Bonchev–Trinajstić information content (AvgIpc) is 3.70. The lowest BCUT2D eigenvalue weighted by Gasteiger charge is -2.32. The van der Waals surface area contributed by atoms with Gasteiger partial charge in [-0.15, -0.1) is 0 Å². The van der Waals surface area contributed by atoms with Gasteiger partial charge in [-0.05, 0) is 71.0 Å². The summed E-state index contributed by atoms with van der Waals surface area (Å²) in [5.41, 5.74) is 19.6. The molecule has 0 spiro atoms. The molecular weight excluding hydrogens is 660 g/mol. The Morgan fingerprint density at radius 2 is 1.68 bits per heavy atom. The molecule has 1 aliphatic carbocycles. The number of amides is 1. The Kier molecular flexibility index (Phi) is 10.2. The highest BCUT2D eigenvalue weighted by atomic mass is 79.9. The van der Waals surface area contributed by atoms with Crippen LogP contribution in [-0.4, -0.2) is 41.7 Å². The highest BCUT2D eigenvalue weighted by molar-refractivity contribution is 9.10. The molecule has 6 rings (SSSR count). The molecule has 1 amide bonds. The maximum absolute atomic E-state index is 14.7. The number of hydrogen-bond acceptors (Lipinski definition) is 7. The largest absolute Gasteiger partial charge is 0.494 e. The van der Waals surface area contributed by atoms with Gasteiger partial charge in [0, 0.05) is 46.0 Å². The first-order valence-corrected chi connectivity index (χ1v) is 16.4. The van der Waals surface area contributed by atoms with Crippen LogP contribution in [0.3, 0.4) is 0 Å². The number of nitrogens with zero attached hydrogens (tertiary/aromatic N) is 4. The summed E-state index contributed by atoms with van der Waals surface area (Å²) in [4.78, 5) is 22.8. The zero-order chi connectivity index (χ0) is 32.6. The Bertz CT molecular complexity index is 1780. The Morgan fingerprint density at radius 1 is 1.00 bits per heavy atom. The van der Waals surface area contributed by atoms with Crippen LogP contribution >= 0.6 is 15.9 Å². The lowest BCUT2D eigenvalue weighted by Crippen LogP contribution is -2.56. The van der Waals surface area contributed by atoms with Crippen molar-refractivity contribution in [1.29, 1.82) is 0 Å². The SMILES string of the molecule is [N-]=[N+]=NCc1ccccc1C[C@]1(C(=O)NNC2Cc3ccccc3C2)N=C(c2ccc(OCCCO)cc2)O[C@H]1c1ccccc1Br. The molecule has 0 saturated heterocycles. The first-order chi connectivity index (χ1) is 23.0. The van der Waals surface area contributed by atoms with Crippen molar-refractivity contribution in [3.05, 3.63) is 145 Å². The number of aliphatic hydroxyl groups excluding tert-OH is 1. The molecule has 0 unspecified atom stereocenters. The fourth-order valence-electron chi connectivity index (χ4n) is 6.17. The maximum Gasteiger partial charge on any atom is 0.266 e. The molecule has 1 aliphatic heterocycles. The molecule has 0 radical (unpaired) electrons. The molecular formula is C36H35BrN6O4. The summed E-state index contributed by atoms with van der Waals surface area (Å²) in [5.74, 6) is 0.635. The third kappa shape index (κ3) is 7.18. The van der Waals surface area contributed by atoms with E-state index in [0.717, 1.165) is 34.0 Å². The van der Waals surface area contributed by atoms with Gasteiger partial charge in [0.15, 0.2) is 11.6 Å². The van der Waals surface area contributed by atoms with Gasteiger partial charge in [0.25, 0.3) is 5.91 Å². The number of azide groups is 1. The lowest BCUT2D eigenvalue weighted by atomic mass is 9.81. The third-order valence-corrected chi connectivity index (χ3v) is 9.26. The molecule has 0 fully saturated rings. The van der Waals surface area contributed by atoms with E-state index in [1.54, 1.807) is 0 Å². The molecule has 0 bridgehead atoms. The molecule has 4 aromatic carbocycles. The van der Waals surface area contributed by atoms with Crippen molar-refractivity contribution < 1.29 is 19.4 Å². The summed E-state index contributed by atoms with van der Waals surface area (Å²) in [6.45, 7) is 0.588. The van der Waals surface area contributed by atoms with Gasteiger partial charge in [0.1, 0.15) is 5.75 Å². The number of benzene rings is 4. The monoisotopic (exact) mass is 694 g/mol. The van der Waals surface area contributed by atoms with E-state index < -0.39 is 11.6 Å². The van der Waals surface area contributed by atoms with E-state index in [1.807, 2.05) is 84.9 Å². The molecule has 3 N–H and O–H groups in total. The summed E-state index contributed by atoms with van der Waals surface area (Å²) in [6.07, 6.45) is 1.50. The molecule has 2 aliphatic rings. The second-order valence-corrected chi connectivity index (χ2v) is 12.5. The second-order valence-electron chi connectivity index (χ2n) is 11.6. The van der Waals surface area contributed by atoms with Gasteiger partial charge in [-0.2, -0.15) is 0 Å². The van der Waals surface area contributed by atoms with Gasteiger partial charge in [0.05, 0.1) is 13.2 Å². The van der Waals surface area contributed by atoms with Gasteiger partial charge in [0.2, 0.25) is 5.90 Å². The molecule has 0 aromatic heterocycles. The molecule has 2 atom stereocenters. The number of halogens is 1. The topological polar surface area (TPSA) is 141 Å². The summed E-state index contributed by atoms with van der Waals surface area (Å²) in [5, 5.41) is 12.9. The van der Waals surface area contributed by atoms with E-state index in [4.69, 9.17) is 25.1 Å². The van der Waals surface area contributed by atoms with Crippen LogP contribution < -0.4 is 15.6 Å². The summed E-state index contributed by atoms with van der Waals surface area (Å²) in [6, 6.07) is 30.9. The Labute approximate surface area is 281 Å². The van der Waals surface area contributed by atoms with E-state index in [2.05, 4.69) is 48.9 Å². The number of nitrogens with one attached hydrogen (secondary N) is 2. The zero-order valence-corrected chi connectivity index (χ0v) is 27.3. The van der Waals surface area contributed by atoms with Crippen LogP contribution in [0.15, 0.2) is 112 Å². The van der Waals surface area contributed by atoms with Crippen LogP contribution in [0.1, 0.15) is 45.9 Å². The van der Waals surface area contributed by atoms with Crippen molar-refractivity contribution in [2.24, 2.45) is 10.1 Å². The Morgan fingerprint density at radius 3 is 2.38 bits per heavy atom. The molecule has 47 heavy (non-hydrogen) atoms. The maximum atomic E-state index is 14.7. The third-order valence-electron chi connectivity index (χ3n) is 8.54. The first kappa shape index (κ1) is 32.3. The number of hydrazine groups is 1. The van der Waals surface area contributed by atoms with E-state index in [-0.39, 0.29) is 31.5 Å². The number of hydrogen-bond donors (Lipinski definition) is 3. The molecule has 240 valence electrons. The number of ether oxygens (including phenoxy) is 2. The Balaban J connectivity index is 1.39. The quantitative estimate of drug-likeness (QED) is 0.0495. The number of rotatable bonds is 13. The van der Waals surface area contributed by atoms with Gasteiger partial charge in [-0.25, -0.2) is 10.4 Å². The molecule has 4 aromatic rings. The van der Waals surface area contributed by atoms with Crippen LogP contribution in [0.5, 0.6) is 5.75 Å². The van der Waals surface area contributed by atoms with Crippen molar-refractivity contribution in [1.82, 2.24) is 10.9 Å². The standard InChI is InChI=1S/C36H35BrN6O4/c37-32-13-6-5-12-31(32)33-36(22-27-10-3-4-11-28(27)23-39-43-38,35(45)42-41-29-20-25-8-1-2-9-26(25)21-29)40-34(47-33)24-14-16-30(17-15-24)46-19-7-18-44/h1-6,8-17,29,33,41,44H,7,18-23H2,(H,42,45)/t33-,36-/m0/s1. The van der Waals surface area contributed by atoms with E-state index in [0.29, 0.717) is 30.2 Å². The van der Waals surface area contributed by atoms with E-state index in [9.17, 15) is 4.79 Å². The van der Waals surface area contributed by atoms with Crippen molar-refractivity contribution in [2.45, 2.75) is 49.9 Å². The van der Waals surface area contributed by atoms with Crippen molar-refractivity contribution in [3.8, 4) is 5.75 Å². The van der Waals surface area contributed by atoms with Gasteiger partial charge in [-0.3, -0.25) is 10.2 Å². The fraction of sp³-hybridized carbons (Fsp3) is 0.278. The summed E-state index contributed by atoms with van der Waals surface area (Å²) < 4.78 is 13.2. The predicted octanol–water partition coefficient (Wildman–Crippen LogP) is 6.31. The minimum absolute atomic E-state index is 0.0247. The van der Waals surface area contributed by atoms with Crippen LogP contribution in [0.2, 0.25) is 0 Å². The predicted molar refractivity (Wildman–Crippen MR) is 183 cm³/mol. The summed E-state index contributed by atoms with van der Waals surface area (Å²) >= 11 is 3.70. The number of carbonyl (C=O) groups is 1. The van der Waals surface area contributed by atoms with Crippen molar-refractivity contribution in [3.63, 3.8) is 0 Å². The number of aliphatic imine (C=N–C) groups is 1. The fourth-order valence-corrected chi connectivity index (χ4v) is 6.66. The highest BCUT2D eigenvalue weighted by Crippen LogP contribution is 2.45. The number of fused-ring (bicyclic) bond motifs is 1. The van der Waals surface area contributed by atoms with E-state index in [1.165, 1.54) is 11.1 Å². The van der Waals surface area contributed by atoms with Crippen molar-refractivity contribution in [2.75, 3.05) is 13.2 Å². The van der Waals surface area contributed by atoms with Gasteiger partial charge >= 0.3 is 0 Å². The summed E-state index contributed by atoms with van der Waals surface area (Å²) in [7, 11) is 0. The molecule has 0 saturated carbocycles. The van der Waals surface area contributed by atoms with Crippen LogP contribution in [0.4, 0.5) is 0 Å². The second kappa shape index (κ2) is 14.8. The average molecular weight is 696 g/mol. The molecule has 1 heterocycles. The van der Waals surface area contributed by atoms with Crippen LogP contribution in [0.25, 0.3) is 10.4 Å². The molecule has 10 nitrogen and oxygen atoms in total. The van der Waals surface area contributed by atoms with Crippen molar-refractivity contribution >= 4 is 27.7 Å². The number of aliphatic hydroxyl groups is 1. The minimum Gasteiger partial charge on any atom is -0.494 e. The Hall–Kier alpha value is -4.67. The van der Waals surface area contributed by atoms with Gasteiger partial charge < -0.3 is 14.6 Å². The number of carbonyl (C=O) groups excluding carboxylic acids is 1. The highest BCUT2D eigenvalue weighted by Gasteiger charge is 2.54. The molecule has 11 heteroatoms. The normalized spacial score (nSPS) is 18.5. The van der Waals surface area contributed by atoms with Crippen LogP contribution in [-0.2, 0) is 35.3 Å². The van der Waals surface area contributed by atoms with E-state index >= 15 is 0 Å². The first-order valence-electron chi connectivity index (χ1n) is 15.6. The van der Waals surface area contributed by atoms with Crippen LogP contribution in [0, 0.1) is 0 Å².